The summed E-state index contributed by atoms with van der Waals surface area (Å²) in [7, 11) is 3.56. The molecule has 0 aliphatic rings. The zero-order valence-electron chi connectivity index (χ0n) is 14.0. The molecule has 0 spiro atoms. The largest absolute Gasteiger partial charge is 0.497 e. The number of anilines is 1. The molecule has 0 aliphatic heterocycles. The highest BCUT2D eigenvalue weighted by atomic mass is 35.5. The van der Waals surface area contributed by atoms with E-state index in [9.17, 15) is 0 Å². The fraction of sp³-hybridized carbons (Fsp3) is 0.278. The number of nitrogens with zero attached hydrogens (tertiary/aromatic N) is 1. The first-order chi connectivity index (χ1) is 11.5. The smallest absolute Gasteiger partial charge is 0.173 e. The highest BCUT2D eigenvalue weighted by Crippen LogP contribution is 2.20. The Morgan fingerprint density at radius 2 is 1.83 bits per heavy atom. The Labute approximate surface area is 153 Å². The van der Waals surface area contributed by atoms with Crippen LogP contribution in [0, 0.1) is 6.92 Å². The van der Waals surface area contributed by atoms with E-state index < -0.39 is 0 Å². The minimum atomic E-state index is 0.527. The molecule has 24 heavy (non-hydrogen) atoms. The van der Waals surface area contributed by atoms with Crippen LogP contribution < -0.4 is 14.8 Å². The Kier molecular flexibility index (Phi) is 6.70. The van der Waals surface area contributed by atoms with Gasteiger partial charge in [0.2, 0.25) is 0 Å². The molecule has 2 rings (SSSR count). The Hall–Kier alpha value is -1.98. The van der Waals surface area contributed by atoms with E-state index in [0.717, 1.165) is 22.7 Å². The Morgan fingerprint density at radius 1 is 1.17 bits per heavy atom. The van der Waals surface area contributed by atoms with Crippen molar-refractivity contribution in [1.29, 1.82) is 0 Å². The fourth-order valence-electron chi connectivity index (χ4n) is 1.96. The van der Waals surface area contributed by atoms with Crippen LogP contribution in [-0.2, 0) is 0 Å². The summed E-state index contributed by atoms with van der Waals surface area (Å²) < 4.78 is 10.8. The molecular weight excluding hydrogens is 344 g/mol. The van der Waals surface area contributed by atoms with Gasteiger partial charge in [0.05, 0.1) is 13.7 Å². The lowest BCUT2D eigenvalue weighted by Gasteiger charge is -2.21. The van der Waals surface area contributed by atoms with Crippen molar-refractivity contribution in [1.82, 2.24) is 4.90 Å². The van der Waals surface area contributed by atoms with Gasteiger partial charge in [0, 0.05) is 17.8 Å². The van der Waals surface area contributed by atoms with Crippen LogP contribution in [0.1, 0.15) is 5.56 Å². The van der Waals surface area contributed by atoms with Crippen LogP contribution >= 0.6 is 23.8 Å². The lowest BCUT2D eigenvalue weighted by Crippen LogP contribution is -2.34. The zero-order valence-corrected chi connectivity index (χ0v) is 15.6. The predicted octanol–water partition coefficient (Wildman–Crippen LogP) is 4.36. The van der Waals surface area contributed by atoms with Crippen molar-refractivity contribution >= 4 is 34.6 Å². The first-order valence-electron chi connectivity index (χ1n) is 7.54. The highest BCUT2D eigenvalue weighted by Gasteiger charge is 2.06. The van der Waals surface area contributed by atoms with E-state index in [4.69, 9.17) is 33.3 Å². The molecule has 0 saturated carbocycles. The van der Waals surface area contributed by atoms with Crippen molar-refractivity contribution in [2.24, 2.45) is 0 Å². The van der Waals surface area contributed by atoms with Crippen molar-refractivity contribution in [2.45, 2.75) is 6.92 Å². The number of ether oxygens (including phenoxy) is 2. The van der Waals surface area contributed by atoms with Gasteiger partial charge in [-0.15, -0.1) is 0 Å². The Balaban J connectivity index is 1.79. The maximum Gasteiger partial charge on any atom is 0.173 e. The average molecular weight is 365 g/mol. The van der Waals surface area contributed by atoms with Gasteiger partial charge in [-0.25, -0.2) is 0 Å². The maximum absolute atomic E-state index is 6.12. The zero-order chi connectivity index (χ0) is 17.5. The van der Waals surface area contributed by atoms with E-state index >= 15 is 0 Å². The van der Waals surface area contributed by atoms with Gasteiger partial charge in [0.15, 0.2) is 5.11 Å². The third-order valence-electron chi connectivity index (χ3n) is 3.52. The molecule has 128 valence electrons. The molecular formula is C18H21ClN2O2S. The third kappa shape index (κ3) is 5.28. The SMILES string of the molecule is COc1ccc(OCCN(C)C(=S)Nc2ccc(C)c(Cl)c2)cc1. The van der Waals surface area contributed by atoms with Crippen molar-refractivity contribution in [3.63, 3.8) is 0 Å². The first-order valence-corrected chi connectivity index (χ1v) is 8.33. The van der Waals surface area contributed by atoms with E-state index in [1.54, 1.807) is 7.11 Å². The summed E-state index contributed by atoms with van der Waals surface area (Å²) in [6, 6.07) is 13.3. The number of hydrogen-bond donors (Lipinski definition) is 1. The minimum absolute atomic E-state index is 0.527. The van der Waals surface area contributed by atoms with Gasteiger partial charge in [-0.05, 0) is 61.1 Å². The van der Waals surface area contributed by atoms with Gasteiger partial charge in [-0.1, -0.05) is 17.7 Å². The molecule has 0 atom stereocenters. The fourth-order valence-corrected chi connectivity index (χ4v) is 2.35. The molecule has 0 amide bonds. The molecule has 4 nitrogen and oxygen atoms in total. The quantitative estimate of drug-likeness (QED) is 0.770. The summed E-state index contributed by atoms with van der Waals surface area (Å²) in [5.41, 5.74) is 1.91. The Bertz CT molecular complexity index is 692. The van der Waals surface area contributed by atoms with Gasteiger partial charge < -0.3 is 19.7 Å². The van der Waals surface area contributed by atoms with E-state index in [-0.39, 0.29) is 0 Å². The molecule has 2 aromatic carbocycles. The van der Waals surface area contributed by atoms with Crippen LogP contribution in [0.2, 0.25) is 5.02 Å². The van der Waals surface area contributed by atoms with E-state index in [1.165, 1.54) is 0 Å². The standard InChI is InChI=1S/C18H21ClN2O2S/c1-13-4-5-14(12-17(13)19)20-18(24)21(2)10-11-23-16-8-6-15(22-3)7-9-16/h4-9,12H,10-11H2,1-3H3,(H,20,24). The van der Waals surface area contributed by atoms with Crippen molar-refractivity contribution < 1.29 is 9.47 Å². The summed E-state index contributed by atoms with van der Waals surface area (Å²) in [5, 5.41) is 4.51. The van der Waals surface area contributed by atoms with Crippen LogP contribution in [0.3, 0.4) is 0 Å². The summed E-state index contributed by atoms with van der Waals surface area (Å²) >= 11 is 11.5. The number of halogens is 1. The number of likely N-dealkylation sites (N-methyl/N-ethyl adjacent to an activating group) is 1. The number of nitrogens with one attached hydrogen (secondary N) is 1. The van der Waals surface area contributed by atoms with Crippen molar-refractivity contribution in [3.05, 3.63) is 53.1 Å². The highest BCUT2D eigenvalue weighted by molar-refractivity contribution is 7.80. The molecule has 0 radical (unpaired) electrons. The lowest BCUT2D eigenvalue weighted by atomic mass is 10.2. The minimum Gasteiger partial charge on any atom is -0.497 e. The summed E-state index contributed by atoms with van der Waals surface area (Å²) in [4.78, 5) is 1.92. The van der Waals surface area contributed by atoms with Crippen molar-refractivity contribution in [3.8, 4) is 11.5 Å². The van der Waals surface area contributed by atoms with Gasteiger partial charge in [0.25, 0.3) is 0 Å². The molecule has 0 fully saturated rings. The predicted molar refractivity (Wildman–Crippen MR) is 104 cm³/mol. The molecule has 0 heterocycles. The number of aryl methyl sites for hydroxylation is 1. The summed E-state index contributed by atoms with van der Waals surface area (Å²) in [6.45, 7) is 3.16. The number of benzene rings is 2. The average Bonchev–Trinajstić information content (AvgIpc) is 2.58. The molecule has 0 aliphatic carbocycles. The molecule has 1 N–H and O–H groups in total. The van der Waals surface area contributed by atoms with Crippen LogP contribution in [-0.4, -0.2) is 37.3 Å². The van der Waals surface area contributed by atoms with Gasteiger partial charge >= 0.3 is 0 Å². The topological polar surface area (TPSA) is 33.7 Å². The summed E-state index contributed by atoms with van der Waals surface area (Å²) in [5.74, 6) is 1.61. The molecule has 0 saturated heterocycles. The molecule has 0 bridgehead atoms. The second-order valence-corrected chi connectivity index (χ2v) is 6.13. The van der Waals surface area contributed by atoms with Gasteiger partial charge in [-0.2, -0.15) is 0 Å². The van der Waals surface area contributed by atoms with Crippen LogP contribution in [0.5, 0.6) is 11.5 Å². The van der Waals surface area contributed by atoms with Gasteiger partial charge in [0.1, 0.15) is 18.1 Å². The van der Waals surface area contributed by atoms with E-state index in [0.29, 0.717) is 23.3 Å². The number of thiocarbonyl (C=S) groups is 1. The number of hydrogen-bond acceptors (Lipinski definition) is 3. The maximum atomic E-state index is 6.12. The second kappa shape index (κ2) is 8.76. The lowest BCUT2D eigenvalue weighted by molar-refractivity contribution is 0.285. The van der Waals surface area contributed by atoms with Crippen LogP contribution in [0.15, 0.2) is 42.5 Å². The first kappa shape index (κ1) is 18.4. The monoisotopic (exact) mass is 364 g/mol. The Morgan fingerprint density at radius 3 is 2.46 bits per heavy atom. The second-order valence-electron chi connectivity index (χ2n) is 5.34. The molecule has 6 heteroatoms. The van der Waals surface area contributed by atoms with Crippen LogP contribution in [0.25, 0.3) is 0 Å². The summed E-state index contributed by atoms with van der Waals surface area (Å²) in [6.07, 6.45) is 0. The number of rotatable bonds is 6. The van der Waals surface area contributed by atoms with Crippen LogP contribution in [0.4, 0.5) is 5.69 Å². The van der Waals surface area contributed by atoms with Gasteiger partial charge in [-0.3, -0.25) is 0 Å². The molecule has 0 aromatic heterocycles. The number of methoxy groups -OCH3 is 1. The van der Waals surface area contributed by atoms with E-state index in [2.05, 4.69) is 5.32 Å². The molecule has 2 aromatic rings. The normalized spacial score (nSPS) is 10.2. The van der Waals surface area contributed by atoms with E-state index in [1.807, 2.05) is 61.3 Å². The van der Waals surface area contributed by atoms with Crippen molar-refractivity contribution in [2.75, 3.05) is 32.6 Å². The molecule has 0 unspecified atom stereocenters. The third-order valence-corrected chi connectivity index (χ3v) is 4.35.